The Labute approximate surface area is 171 Å². The average molecular weight is 416 g/mol. The fraction of sp³-hybridized carbons (Fsp3) is 0.450. The number of fused-ring (bicyclic) bond motifs is 1. The molecule has 1 saturated heterocycles. The standard InChI is InChI=1S/C20H25N5O3S/c1-15-5-6-17-18(16(15)2)29(27,28)25(19(17)26)10-4-9-23-11-13-24(14-12-23)20-21-7-3-8-22-20/h3,5-8H,4,9-14H2,1-2H3. The van der Waals surface area contributed by atoms with Gasteiger partial charge in [0.25, 0.3) is 15.9 Å². The monoisotopic (exact) mass is 415 g/mol. The van der Waals surface area contributed by atoms with Crippen LogP contribution >= 0.6 is 0 Å². The third-order valence-corrected chi connectivity index (χ3v) is 7.70. The van der Waals surface area contributed by atoms with Crippen LogP contribution in [0.15, 0.2) is 35.5 Å². The van der Waals surface area contributed by atoms with Crippen LogP contribution in [0.25, 0.3) is 0 Å². The fourth-order valence-corrected chi connectivity index (χ4v) is 5.82. The van der Waals surface area contributed by atoms with E-state index in [1.165, 1.54) is 0 Å². The molecule has 0 radical (unpaired) electrons. The topological polar surface area (TPSA) is 86.7 Å². The van der Waals surface area contributed by atoms with Crippen molar-refractivity contribution in [3.63, 3.8) is 0 Å². The van der Waals surface area contributed by atoms with Crippen LogP contribution in [0.2, 0.25) is 0 Å². The largest absolute Gasteiger partial charge is 0.338 e. The molecule has 154 valence electrons. The predicted octanol–water partition coefficient (Wildman–Crippen LogP) is 1.45. The SMILES string of the molecule is Cc1ccc2c(c1C)S(=O)(=O)N(CCCN1CCN(c3ncccn3)CC1)C2=O. The molecule has 2 aliphatic rings. The zero-order chi connectivity index (χ0) is 20.6. The van der Waals surface area contributed by atoms with Gasteiger partial charge in [-0.15, -0.1) is 0 Å². The van der Waals surface area contributed by atoms with Gasteiger partial charge in [-0.25, -0.2) is 22.7 Å². The number of carbonyl (C=O) groups is 1. The van der Waals surface area contributed by atoms with Gasteiger partial charge < -0.3 is 4.90 Å². The van der Waals surface area contributed by atoms with E-state index in [0.29, 0.717) is 17.5 Å². The number of amides is 1. The maximum atomic E-state index is 12.9. The number of anilines is 1. The molecular weight excluding hydrogens is 390 g/mol. The van der Waals surface area contributed by atoms with Crippen LogP contribution in [-0.2, 0) is 10.0 Å². The Balaban J connectivity index is 1.34. The Hall–Kier alpha value is -2.52. The molecule has 0 saturated carbocycles. The zero-order valence-electron chi connectivity index (χ0n) is 16.7. The van der Waals surface area contributed by atoms with Gasteiger partial charge in [0.1, 0.15) is 4.90 Å². The van der Waals surface area contributed by atoms with Crippen molar-refractivity contribution in [1.82, 2.24) is 19.2 Å². The average Bonchev–Trinajstić information content (AvgIpc) is 2.92. The molecule has 1 aromatic heterocycles. The van der Waals surface area contributed by atoms with Crippen molar-refractivity contribution < 1.29 is 13.2 Å². The first kappa shape index (κ1) is 19.8. The summed E-state index contributed by atoms with van der Waals surface area (Å²) in [4.78, 5) is 25.9. The predicted molar refractivity (Wildman–Crippen MR) is 109 cm³/mol. The molecular formula is C20H25N5O3S. The number of hydrogen-bond acceptors (Lipinski definition) is 7. The Morgan fingerprint density at radius 2 is 1.69 bits per heavy atom. The summed E-state index contributed by atoms with van der Waals surface area (Å²) >= 11 is 0. The summed E-state index contributed by atoms with van der Waals surface area (Å²) < 4.78 is 26.9. The van der Waals surface area contributed by atoms with Crippen molar-refractivity contribution in [1.29, 1.82) is 0 Å². The maximum absolute atomic E-state index is 12.9. The van der Waals surface area contributed by atoms with E-state index < -0.39 is 15.9 Å². The lowest BCUT2D eigenvalue weighted by Gasteiger charge is -2.34. The summed E-state index contributed by atoms with van der Waals surface area (Å²) in [6.07, 6.45) is 4.09. The minimum atomic E-state index is -3.76. The molecule has 1 aromatic carbocycles. The second-order valence-electron chi connectivity index (χ2n) is 7.50. The first-order valence-electron chi connectivity index (χ1n) is 9.81. The zero-order valence-corrected chi connectivity index (χ0v) is 17.5. The van der Waals surface area contributed by atoms with E-state index in [1.54, 1.807) is 37.5 Å². The van der Waals surface area contributed by atoms with Crippen LogP contribution in [0.4, 0.5) is 5.95 Å². The van der Waals surface area contributed by atoms with Crippen molar-refractivity contribution in [2.75, 3.05) is 44.2 Å². The molecule has 2 aromatic rings. The van der Waals surface area contributed by atoms with Crippen LogP contribution in [0.1, 0.15) is 27.9 Å². The van der Waals surface area contributed by atoms with E-state index in [-0.39, 0.29) is 11.4 Å². The molecule has 0 aliphatic carbocycles. The van der Waals surface area contributed by atoms with Gasteiger partial charge in [0, 0.05) is 51.7 Å². The van der Waals surface area contributed by atoms with E-state index in [9.17, 15) is 13.2 Å². The number of aromatic nitrogens is 2. The fourth-order valence-electron chi connectivity index (χ4n) is 3.93. The number of hydrogen-bond donors (Lipinski definition) is 0. The van der Waals surface area contributed by atoms with Gasteiger partial charge in [-0.3, -0.25) is 9.69 Å². The highest BCUT2D eigenvalue weighted by molar-refractivity contribution is 7.90. The molecule has 0 N–H and O–H groups in total. The molecule has 0 atom stereocenters. The first-order chi connectivity index (χ1) is 13.9. The second-order valence-corrected chi connectivity index (χ2v) is 9.30. The van der Waals surface area contributed by atoms with E-state index in [1.807, 2.05) is 6.92 Å². The Morgan fingerprint density at radius 1 is 1.00 bits per heavy atom. The Bertz CT molecular complexity index is 1020. The van der Waals surface area contributed by atoms with Gasteiger partial charge in [0.2, 0.25) is 5.95 Å². The summed E-state index contributed by atoms with van der Waals surface area (Å²) in [5.74, 6) is 0.332. The van der Waals surface area contributed by atoms with Gasteiger partial charge in [-0.2, -0.15) is 0 Å². The van der Waals surface area contributed by atoms with Crippen molar-refractivity contribution in [2.24, 2.45) is 0 Å². The lowest BCUT2D eigenvalue weighted by atomic mass is 10.1. The van der Waals surface area contributed by atoms with E-state index in [2.05, 4.69) is 19.8 Å². The second kappa shape index (κ2) is 7.72. The Kier molecular flexibility index (Phi) is 5.26. The minimum Gasteiger partial charge on any atom is -0.338 e. The van der Waals surface area contributed by atoms with Gasteiger partial charge in [-0.1, -0.05) is 6.07 Å². The van der Waals surface area contributed by atoms with Crippen LogP contribution in [-0.4, -0.2) is 72.8 Å². The number of carbonyl (C=O) groups excluding carboxylic acids is 1. The quantitative estimate of drug-likeness (QED) is 0.730. The highest BCUT2D eigenvalue weighted by Gasteiger charge is 2.42. The molecule has 29 heavy (non-hydrogen) atoms. The molecule has 2 aliphatic heterocycles. The van der Waals surface area contributed by atoms with E-state index in [4.69, 9.17) is 0 Å². The van der Waals surface area contributed by atoms with E-state index in [0.717, 1.165) is 48.5 Å². The molecule has 1 fully saturated rings. The summed E-state index contributed by atoms with van der Waals surface area (Å²) in [7, 11) is -3.76. The third kappa shape index (κ3) is 3.60. The van der Waals surface area contributed by atoms with Crippen LogP contribution in [0.5, 0.6) is 0 Å². The van der Waals surface area contributed by atoms with E-state index >= 15 is 0 Å². The lowest BCUT2D eigenvalue weighted by molar-refractivity contribution is 0.0866. The molecule has 8 nitrogen and oxygen atoms in total. The number of nitrogens with zero attached hydrogens (tertiary/aromatic N) is 5. The van der Waals surface area contributed by atoms with Crippen molar-refractivity contribution in [2.45, 2.75) is 25.2 Å². The number of sulfonamides is 1. The lowest BCUT2D eigenvalue weighted by Crippen LogP contribution is -2.47. The van der Waals surface area contributed by atoms with Crippen molar-refractivity contribution in [3.8, 4) is 0 Å². The van der Waals surface area contributed by atoms with Crippen LogP contribution in [0.3, 0.4) is 0 Å². The molecule has 3 heterocycles. The van der Waals surface area contributed by atoms with Gasteiger partial charge in [0.05, 0.1) is 5.56 Å². The normalized spacial score (nSPS) is 18.9. The highest BCUT2D eigenvalue weighted by atomic mass is 32.2. The van der Waals surface area contributed by atoms with Crippen molar-refractivity contribution in [3.05, 3.63) is 47.3 Å². The molecule has 0 spiro atoms. The summed E-state index contributed by atoms with van der Waals surface area (Å²) in [5.41, 5.74) is 1.84. The molecule has 1 amide bonds. The van der Waals surface area contributed by atoms with Crippen LogP contribution in [0, 0.1) is 13.8 Å². The number of benzene rings is 1. The maximum Gasteiger partial charge on any atom is 0.269 e. The molecule has 9 heteroatoms. The Morgan fingerprint density at radius 3 is 2.38 bits per heavy atom. The van der Waals surface area contributed by atoms with Crippen LogP contribution < -0.4 is 4.90 Å². The number of piperazine rings is 1. The third-order valence-electron chi connectivity index (χ3n) is 5.72. The minimum absolute atomic E-state index is 0.180. The molecule has 0 unspecified atom stereocenters. The number of rotatable bonds is 5. The van der Waals surface area contributed by atoms with Crippen molar-refractivity contribution >= 4 is 21.9 Å². The summed E-state index contributed by atoms with van der Waals surface area (Å²) in [6, 6.07) is 5.23. The molecule has 4 rings (SSSR count). The highest BCUT2D eigenvalue weighted by Crippen LogP contribution is 2.34. The number of aryl methyl sites for hydroxylation is 1. The first-order valence-corrected chi connectivity index (χ1v) is 11.2. The summed E-state index contributed by atoms with van der Waals surface area (Å²) in [5, 5.41) is 0. The summed E-state index contributed by atoms with van der Waals surface area (Å²) in [6.45, 7) is 7.95. The van der Waals surface area contributed by atoms with Gasteiger partial charge in [0.15, 0.2) is 0 Å². The molecule has 0 bridgehead atoms. The van der Waals surface area contributed by atoms with Gasteiger partial charge in [-0.05, 0) is 43.5 Å². The smallest absolute Gasteiger partial charge is 0.269 e. The van der Waals surface area contributed by atoms with Gasteiger partial charge >= 0.3 is 0 Å².